The van der Waals surface area contributed by atoms with Gasteiger partial charge >= 0.3 is 0 Å². The third-order valence-corrected chi connectivity index (χ3v) is 3.12. The maximum atomic E-state index is 5.33. The van der Waals surface area contributed by atoms with Gasteiger partial charge in [-0.15, -0.1) is 0 Å². The van der Waals surface area contributed by atoms with Crippen LogP contribution < -0.4 is 5.32 Å². The van der Waals surface area contributed by atoms with E-state index in [0.717, 1.165) is 37.6 Å². The molecule has 0 radical (unpaired) electrons. The van der Waals surface area contributed by atoms with Gasteiger partial charge in [-0.25, -0.2) is 0 Å². The van der Waals surface area contributed by atoms with E-state index in [1.807, 2.05) is 0 Å². The quantitative estimate of drug-likeness (QED) is 0.875. The Morgan fingerprint density at radius 3 is 2.65 bits per heavy atom. The lowest BCUT2D eigenvalue weighted by Gasteiger charge is -2.20. The Morgan fingerprint density at radius 2 is 2.00 bits per heavy atom. The fourth-order valence-electron chi connectivity index (χ4n) is 2.25. The van der Waals surface area contributed by atoms with Gasteiger partial charge in [-0.05, 0) is 37.3 Å². The molecule has 1 aliphatic heterocycles. The zero-order chi connectivity index (χ0) is 12.3. The Balaban J connectivity index is 1.89. The van der Waals surface area contributed by atoms with E-state index in [2.05, 4.69) is 36.2 Å². The Bertz CT molecular complexity index is 348. The molecule has 0 unspecified atom stereocenters. The van der Waals surface area contributed by atoms with E-state index in [9.17, 15) is 0 Å². The minimum Gasteiger partial charge on any atom is -0.339 e. The number of nitrogens with zero attached hydrogens (tertiary/aromatic N) is 2. The van der Waals surface area contributed by atoms with Crippen molar-refractivity contribution in [3.8, 4) is 0 Å². The summed E-state index contributed by atoms with van der Waals surface area (Å²) in [5.74, 6) is 2.37. The van der Waals surface area contributed by atoms with E-state index >= 15 is 0 Å². The number of hydrogen-bond donors (Lipinski definition) is 1. The first kappa shape index (κ1) is 12.6. The van der Waals surface area contributed by atoms with Crippen molar-refractivity contribution in [2.75, 3.05) is 13.1 Å². The molecule has 4 nitrogen and oxygen atoms in total. The van der Waals surface area contributed by atoms with Gasteiger partial charge in [-0.1, -0.05) is 25.9 Å². The van der Waals surface area contributed by atoms with Crippen LogP contribution in [0.25, 0.3) is 0 Å². The molecular formula is C13H23N3O. The SMILES string of the molecule is CC(C)(C)Cc1noc(CC2CCNCC2)n1. The highest BCUT2D eigenvalue weighted by Gasteiger charge is 2.19. The first-order valence-corrected chi connectivity index (χ1v) is 6.55. The molecule has 1 N–H and O–H groups in total. The fraction of sp³-hybridized carbons (Fsp3) is 0.846. The van der Waals surface area contributed by atoms with Crippen LogP contribution in [0.15, 0.2) is 4.52 Å². The molecule has 1 saturated heterocycles. The van der Waals surface area contributed by atoms with Crippen LogP contribution in [0.1, 0.15) is 45.3 Å². The van der Waals surface area contributed by atoms with Gasteiger partial charge in [-0.2, -0.15) is 4.98 Å². The summed E-state index contributed by atoms with van der Waals surface area (Å²) in [6.07, 6.45) is 4.26. The van der Waals surface area contributed by atoms with Gasteiger partial charge < -0.3 is 9.84 Å². The highest BCUT2D eigenvalue weighted by Crippen LogP contribution is 2.20. The number of rotatable bonds is 3. The Hall–Kier alpha value is -0.900. The topological polar surface area (TPSA) is 51.0 Å². The normalized spacial score (nSPS) is 18.5. The molecule has 0 saturated carbocycles. The first-order valence-electron chi connectivity index (χ1n) is 6.55. The summed E-state index contributed by atoms with van der Waals surface area (Å²) >= 11 is 0. The first-order chi connectivity index (χ1) is 8.03. The molecule has 0 aromatic carbocycles. The molecule has 4 heteroatoms. The molecular weight excluding hydrogens is 214 g/mol. The third-order valence-electron chi connectivity index (χ3n) is 3.12. The van der Waals surface area contributed by atoms with E-state index in [4.69, 9.17) is 4.52 Å². The second-order valence-electron chi connectivity index (χ2n) is 6.24. The lowest BCUT2D eigenvalue weighted by atomic mass is 9.92. The summed E-state index contributed by atoms with van der Waals surface area (Å²) in [5, 5.41) is 7.44. The monoisotopic (exact) mass is 237 g/mol. The molecule has 0 bridgehead atoms. The highest BCUT2D eigenvalue weighted by atomic mass is 16.5. The Kier molecular flexibility index (Phi) is 3.82. The van der Waals surface area contributed by atoms with Crippen LogP contribution in [0.5, 0.6) is 0 Å². The summed E-state index contributed by atoms with van der Waals surface area (Å²) in [4.78, 5) is 4.49. The van der Waals surface area contributed by atoms with Crippen molar-refractivity contribution in [1.29, 1.82) is 0 Å². The predicted octanol–water partition coefficient (Wildman–Crippen LogP) is 2.20. The zero-order valence-corrected chi connectivity index (χ0v) is 11.1. The van der Waals surface area contributed by atoms with Crippen molar-refractivity contribution in [2.45, 2.75) is 46.5 Å². The van der Waals surface area contributed by atoms with E-state index in [-0.39, 0.29) is 5.41 Å². The molecule has 96 valence electrons. The molecule has 0 spiro atoms. The lowest BCUT2D eigenvalue weighted by Crippen LogP contribution is -2.28. The summed E-state index contributed by atoms with van der Waals surface area (Å²) < 4.78 is 5.33. The van der Waals surface area contributed by atoms with Crippen molar-refractivity contribution in [3.05, 3.63) is 11.7 Å². The smallest absolute Gasteiger partial charge is 0.226 e. The molecule has 1 aromatic rings. The van der Waals surface area contributed by atoms with Crippen molar-refractivity contribution < 1.29 is 4.52 Å². The van der Waals surface area contributed by atoms with Crippen LogP contribution >= 0.6 is 0 Å². The van der Waals surface area contributed by atoms with Crippen molar-refractivity contribution >= 4 is 0 Å². The van der Waals surface area contributed by atoms with Crippen LogP contribution in [0.3, 0.4) is 0 Å². The second-order valence-corrected chi connectivity index (χ2v) is 6.24. The number of aromatic nitrogens is 2. The maximum absolute atomic E-state index is 5.33. The summed E-state index contributed by atoms with van der Waals surface area (Å²) in [6, 6.07) is 0. The zero-order valence-electron chi connectivity index (χ0n) is 11.1. The van der Waals surface area contributed by atoms with Gasteiger partial charge in [0, 0.05) is 12.8 Å². The summed E-state index contributed by atoms with van der Waals surface area (Å²) in [6.45, 7) is 8.81. The summed E-state index contributed by atoms with van der Waals surface area (Å²) in [7, 11) is 0. The van der Waals surface area contributed by atoms with Gasteiger partial charge in [0.15, 0.2) is 5.82 Å². The van der Waals surface area contributed by atoms with Crippen molar-refractivity contribution in [1.82, 2.24) is 15.5 Å². The molecule has 2 rings (SSSR count). The highest BCUT2D eigenvalue weighted by molar-refractivity contribution is 4.91. The predicted molar refractivity (Wildman–Crippen MR) is 66.8 cm³/mol. The van der Waals surface area contributed by atoms with Gasteiger partial charge in [0.1, 0.15) is 0 Å². The Morgan fingerprint density at radius 1 is 1.29 bits per heavy atom. The van der Waals surface area contributed by atoms with E-state index in [0.29, 0.717) is 5.92 Å². The third kappa shape index (κ3) is 4.11. The summed E-state index contributed by atoms with van der Waals surface area (Å²) in [5.41, 5.74) is 0.218. The second kappa shape index (κ2) is 5.17. The molecule has 2 heterocycles. The van der Waals surface area contributed by atoms with E-state index in [1.54, 1.807) is 0 Å². The standard InChI is InChI=1S/C13H23N3O/c1-13(2,3)9-11-15-12(17-16-11)8-10-4-6-14-7-5-10/h10,14H,4-9H2,1-3H3. The van der Waals surface area contributed by atoms with E-state index < -0.39 is 0 Å². The molecule has 1 fully saturated rings. The van der Waals surface area contributed by atoms with Crippen molar-refractivity contribution in [3.63, 3.8) is 0 Å². The van der Waals surface area contributed by atoms with Crippen LogP contribution in [-0.2, 0) is 12.8 Å². The van der Waals surface area contributed by atoms with Crippen LogP contribution in [0, 0.1) is 11.3 Å². The Labute approximate surface area is 103 Å². The fourth-order valence-corrected chi connectivity index (χ4v) is 2.25. The molecule has 1 aliphatic rings. The average Bonchev–Trinajstić information content (AvgIpc) is 2.64. The van der Waals surface area contributed by atoms with Gasteiger partial charge in [0.25, 0.3) is 0 Å². The number of nitrogens with one attached hydrogen (secondary N) is 1. The van der Waals surface area contributed by atoms with Crippen LogP contribution in [0.2, 0.25) is 0 Å². The van der Waals surface area contributed by atoms with Gasteiger partial charge in [-0.3, -0.25) is 0 Å². The average molecular weight is 237 g/mol. The molecule has 17 heavy (non-hydrogen) atoms. The number of hydrogen-bond acceptors (Lipinski definition) is 4. The van der Waals surface area contributed by atoms with Crippen molar-refractivity contribution in [2.24, 2.45) is 11.3 Å². The van der Waals surface area contributed by atoms with Gasteiger partial charge in [0.05, 0.1) is 0 Å². The lowest BCUT2D eigenvalue weighted by molar-refractivity contribution is 0.309. The number of piperidine rings is 1. The van der Waals surface area contributed by atoms with Crippen LogP contribution in [0.4, 0.5) is 0 Å². The molecule has 0 amide bonds. The van der Waals surface area contributed by atoms with Gasteiger partial charge in [0.2, 0.25) is 5.89 Å². The minimum absolute atomic E-state index is 0.218. The molecule has 0 aliphatic carbocycles. The molecule has 1 aromatic heterocycles. The van der Waals surface area contributed by atoms with E-state index in [1.165, 1.54) is 12.8 Å². The maximum Gasteiger partial charge on any atom is 0.226 e. The van der Waals surface area contributed by atoms with Crippen LogP contribution in [-0.4, -0.2) is 23.2 Å². The largest absolute Gasteiger partial charge is 0.339 e. The molecule has 0 atom stereocenters. The minimum atomic E-state index is 0.218.